The van der Waals surface area contributed by atoms with Crippen LogP contribution in [0.3, 0.4) is 0 Å². The van der Waals surface area contributed by atoms with Gasteiger partial charge in [-0.05, 0) is 48.2 Å². The van der Waals surface area contributed by atoms with Gasteiger partial charge in [-0.2, -0.15) is 0 Å². The first kappa shape index (κ1) is 25.3. The SMILES string of the molecule is CC(C)(C)c1cc(Br)ccc1OCC(=O)NNC(=O)CCCOc1ccc(Cl)cc1Cl. The third kappa shape index (κ3) is 8.59. The summed E-state index contributed by atoms with van der Waals surface area (Å²) < 4.78 is 12.1. The van der Waals surface area contributed by atoms with E-state index in [0.29, 0.717) is 34.6 Å². The van der Waals surface area contributed by atoms with Crippen LogP contribution in [0, 0.1) is 0 Å². The van der Waals surface area contributed by atoms with E-state index < -0.39 is 5.91 Å². The smallest absolute Gasteiger partial charge is 0.276 e. The van der Waals surface area contributed by atoms with Crippen LogP contribution in [-0.4, -0.2) is 25.0 Å². The van der Waals surface area contributed by atoms with Gasteiger partial charge >= 0.3 is 0 Å². The predicted octanol–water partition coefficient (Wildman–Crippen LogP) is 5.44. The molecule has 0 atom stereocenters. The molecule has 2 aromatic carbocycles. The van der Waals surface area contributed by atoms with Crippen LogP contribution >= 0.6 is 39.1 Å². The summed E-state index contributed by atoms with van der Waals surface area (Å²) in [4.78, 5) is 23.9. The Morgan fingerprint density at radius 1 is 0.968 bits per heavy atom. The van der Waals surface area contributed by atoms with Gasteiger partial charge in [-0.1, -0.05) is 59.9 Å². The Bertz CT molecular complexity index is 932. The highest BCUT2D eigenvalue weighted by Gasteiger charge is 2.20. The van der Waals surface area contributed by atoms with E-state index >= 15 is 0 Å². The monoisotopic (exact) mass is 530 g/mol. The normalized spacial score (nSPS) is 11.0. The van der Waals surface area contributed by atoms with E-state index in [9.17, 15) is 9.59 Å². The van der Waals surface area contributed by atoms with E-state index in [1.165, 1.54) is 0 Å². The molecule has 0 saturated carbocycles. The predicted molar refractivity (Wildman–Crippen MR) is 126 cm³/mol. The van der Waals surface area contributed by atoms with E-state index in [4.69, 9.17) is 32.7 Å². The van der Waals surface area contributed by atoms with Crippen molar-refractivity contribution in [2.24, 2.45) is 0 Å². The molecular weight excluding hydrogens is 507 g/mol. The molecule has 0 aliphatic rings. The number of hydrogen-bond donors (Lipinski definition) is 2. The second-order valence-corrected chi connectivity index (χ2v) is 9.56. The number of carbonyl (C=O) groups excluding carboxylic acids is 2. The Balaban J connectivity index is 1.70. The number of nitrogens with one attached hydrogen (secondary N) is 2. The zero-order valence-electron chi connectivity index (χ0n) is 17.6. The maximum Gasteiger partial charge on any atom is 0.276 e. The maximum absolute atomic E-state index is 12.0. The van der Waals surface area contributed by atoms with Gasteiger partial charge in [-0.15, -0.1) is 0 Å². The number of rotatable bonds is 8. The van der Waals surface area contributed by atoms with Crippen molar-refractivity contribution in [3.8, 4) is 11.5 Å². The Morgan fingerprint density at radius 3 is 2.32 bits per heavy atom. The first-order valence-electron chi connectivity index (χ1n) is 9.64. The van der Waals surface area contributed by atoms with Gasteiger partial charge in [0.1, 0.15) is 11.5 Å². The summed E-state index contributed by atoms with van der Waals surface area (Å²) in [5.74, 6) is 0.327. The largest absolute Gasteiger partial charge is 0.492 e. The molecule has 6 nitrogen and oxygen atoms in total. The van der Waals surface area contributed by atoms with Gasteiger partial charge in [0.15, 0.2) is 6.61 Å². The summed E-state index contributed by atoms with van der Waals surface area (Å²) in [5, 5.41) is 0.927. The van der Waals surface area contributed by atoms with Crippen molar-refractivity contribution < 1.29 is 19.1 Å². The highest BCUT2D eigenvalue weighted by atomic mass is 79.9. The topological polar surface area (TPSA) is 76.7 Å². The molecular formula is C22H25BrCl2N2O4. The molecule has 0 heterocycles. The van der Waals surface area contributed by atoms with Gasteiger partial charge in [0.25, 0.3) is 5.91 Å². The highest BCUT2D eigenvalue weighted by Crippen LogP contribution is 2.33. The summed E-state index contributed by atoms with van der Waals surface area (Å²) in [6.45, 7) is 6.26. The molecule has 2 aromatic rings. The molecule has 0 saturated heterocycles. The lowest BCUT2D eigenvalue weighted by atomic mass is 9.86. The quantitative estimate of drug-likeness (QED) is 0.351. The van der Waals surface area contributed by atoms with Crippen molar-refractivity contribution in [3.63, 3.8) is 0 Å². The van der Waals surface area contributed by atoms with E-state index in [1.54, 1.807) is 18.2 Å². The van der Waals surface area contributed by atoms with Crippen molar-refractivity contribution in [1.29, 1.82) is 0 Å². The Hall–Kier alpha value is -1.96. The highest BCUT2D eigenvalue weighted by molar-refractivity contribution is 9.10. The minimum Gasteiger partial charge on any atom is -0.492 e. The number of amides is 2. The molecule has 0 fully saturated rings. The van der Waals surface area contributed by atoms with Gasteiger partial charge in [0.05, 0.1) is 11.6 Å². The molecule has 0 aromatic heterocycles. The van der Waals surface area contributed by atoms with Crippen LogP contribution in [0.4, 0.5) is 0 Å². The summed E-state index contributed by atoms with van der Waals surface area (Å²) in [5.41, 5.74) is 5.53. The second-order valence-electron chi connectivity index (χ2n) is 7.80. The molecule has 2 amide bonds. The molecule has 0 aliphatic carbocycles. The molecule has 9 heteroatoms. The van der Waals surface area contributed by atoms with E-state index in [-0.39, 0.29) is 24.3 Å². The second kappa shape index (κ2) is 11.6. The zero-order chi connectivity index (χ0) is 23.0. The molecule has 31 heavy (non-hydrogen) atoms. The summed E-state index contributed by atoms with van der Waals surface area (Å²) >= 11 is 15.3. The zero-order valence-corrected chi connectivity index (χ0v) is 20.7. The molecule has 0 bridgehead atoms. The number of ether oxygens (including phenoxy) is 2. The summed E-state index contributed by atoms with van der Waals surface area (Å²) in [6, 6.07) is 10.6. The van der Waals surface area contributed by atoms with Crippen molar-refractivity contribution in [2.45, 2.75) is 39.0 Å². The standard InChI is InChI=1S/C22H25BrCl2N2O4/c1-22(2,3)16-11-14(23)6-8-18(16)31-13-21(29)27-26-20(28)5-4-10-30-19-9-7-15(24)12-17(19)25/h6-9,11-12H,4-5,10,13H2,1-3H3,(H,26,28)(H,27,29). The van der Waals surface area contributed by atoms with E-state index in [0.717, 1.165) is 10.0 Å². The first-order chi connectivity index (χ1) is 14.6. The molecule has 0 aliphatic heterocycles. The Labute approximate surface area is 200 Å². The lowest BCUT2D eigenvalue weighted by Crippen LogP contribution is -2.43. The van der Waals surface area contributed by atoms with Gasteiger partial charge in [0, 0.05) is 21.5 Å². The first-order valence-corrected chi connectivity index (χ1v) is 11.2. The van der Waals surface area contributed by atoms with Crippen LogP contribution in [0.2, 0.25) is 10.0 Å². The number of carbonyl (C=O) groups is 2. The van der Waals surface area contributed by atoms with E-state index in [2.05, 4.69) is 47.6 Å². The molecule has 0 radical (unpaired) electrons. The summed E-state index contributed by atoms with van der Waals surface area (Å²) in [7, 11) is 0. The molecule has 0 unspecified atom stereocenters. The van der Waals surface area contributed by atoms with Crippen LogP contribution in [0.1, 0.15) is 39.2 Å². The van der Waals surface area contributed by atoms with Gasteiger partial charge < -0.3 is 9.47 Å². The van der Waals surface area contributed by atoms with Crippen LogP contribution in [0.15, 0.2) is 40.9 Å². The third-order valence-electron chi connectivity index (χ3n) is 4.15. The maximum atomic E-state index is 12.0. The molecule has 0 spiro atoms. The Morgan fingerprint density at radius 2 is 1.65 bits per heavy atom. The minimum absolute atomic E-state index is 0.151. The van der Waals surface area contributed by atoms with Crippen LogP contribution in [0.5, 0.6) is 11.5 Å². The average molecular weight is 532 g/mol. The van der Waals surface area contributed by atoms with E-state index in [1.807, 2.05) is 18.2 Å². The number of hydrogen-bond acceptors (Lipinski definition) is 4. The number of benzene rings is 2. The molecule has 2 rings (SSSR count). The average Bonchev–Trinajstić information content (AvgIpc) is 2.69. The fourth-order valence-corrected chi connectivity index (χ4v) is 3.43. The van der Waals surface area contributed by atoms with Crippen molar-refractivity contribution in [2.75, 3.05) is 13.2 Å². The fraction of sp³-hybridized carbons (Fsp3) is 0.364. The van der Waals surface area contributed by atoms with Crippen molar-refractivity contribution in [1.82, 2.24) is 10.9 Å². The lowest BCUT2D eigenvalue weighted by Gasteiger charge is -2.23. The van der Waals surface area contributed by atoms with Gasteiger partial charge in [-0.3, -0.25) is 20.4 Å². The van der Waals surface area contributed by atoms with Crippen LogP contribution in [-0.2, 0) is 15.0 Å². The molecule has 168 valence electrons. The number of halogens is 3. The lowest BCUT2D eigenvalue weighted by molar-refractivity contribution is -0.130. The molecule has 2 N–H and O–H groups in total. The summed E-state index contributed by atoms with van der Waals surface area (Å²) in [6.07, 6.45) is 0.623. The third-order valence-corrected chi connectivity index (χ3v) is 5.17. The van der Waals surface area contributed by atoms with Crippen LogP contribution in [0.25, 0.3) is 0 Å². The van der Waals surface area contributed by atoms with Crippen molar-refractivity contribution in [3.05, 3.63) is 56.5 Å². The van der Waals surface area contributed by atoms with Gasteiger partial charge in [-0.25, -0.2) is 0 Å². The Kier molecular flexibility index (Phi) is 9.47. The van der Waals surface area contributed by atoms with Gasteiger partial charge in [0.2, 0.25) is 5.91 Å². The van der Waals surface area contributed by atoms with Crippen LogP contribution < -0.4 is 20.3 Å². The fourth-order valence-electron chi connectivity index (χ4n) is 2.60. The minimum atomic E-state index is -0.458. The van der Waals surface area contributed by atoms with Crippen molar-refractivity contribution >= 4 is 50.9 Å². The number of hydrazine groups is 1.